The lowest BCUT2D eigenvalue weighted by Crippen LogP contribution is -2.56. The van der Waals surface area contributed by atoms with Crippen LogP contribution >= 0.6 is 0 Å². The molecule has 4 rings (SSSR count). The van der Waals surface area contributed by atoms with Crippen LogP contribution in [-0.2, 0) is 26.0 Å². The summed E-state index contributed by atoms with van der Waals surface area (Å²) in [5.74, 6) is -0.852. The number of benzene rings is 2. The van der Waals surface area contributed by atoms with E-state index in [9.17, 15) is 22.4 Å². The molecule has 0 spiro atoms. The fourth-order valence-corrected chi connectivity index (χ4v) is 6.24. The lowest BCUT2D eigenvalue weighted by Gasteiger charge is -2.32. The minimum Gasteiger partial charge on any atom is -0.497 e. The third-order valence-electron chi connectivity index (χ3n) is 6.74. The summed E-state index contributed by atoms with van der Waals surface area (Å²) in [4.78, 5) is 27.9. The maximum Gasteiger partial charge on any atom is 0.259 e. The average Bonchev–Trinajstić information content (AvgIpc) is 3.33. The lowest BCUT2D eigenvalue weighted by atomic mass is 9.92. The summed E-state index contributed by atoms with van der Waals surface area (Å²) in [6.07, 6.45) is 1.53. The van der Waals surface area contributed by atoms with Crippen LogP contribution in [0.1, 0.15) is 31.2 Å². The molecule has 36 heavy (non-hydrogen) atoms. The molecule has 11 heteroatoms. The topological polar surface area (TPSA) is 122 Å². The highest BCUT2D eigenvalue weighted by atomic mass is 32.2. The minimum absolute atomic E-state index is 0.00348. The van der Waals surface area contributed by atoms with Crippen LogP contribution in [0.3, 0.4) is 0 Å². The van der Waals surface area contributed by atoms with Crippen LogP contribution in [0.4, 0.5) is 4.39 Å². The predicted molar refractivity (Wildman–Crippen MR) is 131 cm³/mol. The Morgan fingerprint density at radius 3 is 2.28 bits per heavy atom. The number of sulfonamides is 1. The number of halogens is 1. The van der Waals surface area contributed by atoms with Crippen molar-refractivity contribution in [3.8, 4) is 5.75 Å². The highest BCUT2D eigenvalue weighted by Gasteiger charge is 2.46. The Labute approximate surface area is 210 Å². The van der Waals surface area contributed by atoms with Gasteiger partial charge in [-0.3, -0.25) is 9.59 Å². The van der Waals surface area contributed by atoms with Gasteiger partial charge in [-0.15, -0.1) is 0 Å². The standard InChI is InChI=1S/C25H31FN4O5S/c1-35-21-10-2-17(3-11-21)16-23(31)29-14-15-30(36(33,34)22-12-4-18(26)5-13-22)25(29)24(32)28-20-8-6-19(27)7-9-20/h2-5,10-13,19-20,25H,6-9,14-16,27H2,1H3,(H,28,32). The Balaban J connectivity index is 1.59. The van der Waals surface area contributed by atoms with Crippen LogP contribution < -0.4 is 15.8 Å². The van der Waals surface area contributed by atoms with E-state index in [0.29, 0.717) is 24.2 Å². The molecule has 9 nitrogen and oxygen atoms in total. The summed E-state index contributed by atoms with van der Waals surface area (Å²) >= 11 is 0. The van der Waals surface area contributed by atoms with Crippen LogP contribution in [0.25, 0.3) is 0 Å². The SMILES string of the molecule is COc1ccc(CC(=O)N2CCN(S(=O)(=O)c3ccc(F)cc3)C2C(=O)NC2CCC(N)CC2)cc1. The van der Waals surface area contributed by atoms with Gasteiger partial charge in [0, 0.05) is 25.2 Å². The van der Waals surface area contributed by atoms with Gasteiger partial charge in [-0.1, -0.05) is 12.1 Å². The zero-order chi connectivity index (χ0) is 25.9. The Morgan fingerprint density at radius 2 is 1.67 bits per heavy atom. The van der Waals surface area contributed by atoms with Crippen LogP contribution in [0.2, 0.25) is 0 Å². The van der Waals surface area contributed by atoms with E-state index in [2.05, 4.69) is 5.32 Å². The van der Waals surface area contributed by atoms with Gasteiger partial charge in [0.25, 0.3) is 5.91 Å². The molecule has 2 aromatic rings. The molecule has 0 bridgehead atoms. The first-order valence-electron chi connectivity index (χ1n) is 11.9. The Bertz CT molecular complexity index is 1180. The first kappa shape index (κ1) is 26.1. The van der Waals surface area contributed by atoms with Crippen molar-refractivity contribution in [1.29, 1.82) is 0 Å². The zero-order valence-corrected chi connectivity index (χ0v) is 20.9. The van der Waals surface area contributed by atoms with Crippen molar-refractivity contribution < 1.29 is 27.1 Å². The van der Waals surface area contributed by atoms with E-state index >= 15 is 0 Å². The lowest BCUT2D eigenvalue weighted by molar-refractivity contribution is -0.140. The van der Waals surface area contributed by atoms with Gasteiger partial charge < -0.3 is 20.7 Å². The van der Waals surface area contributed by atoms with Crippen molar-refractivity contribution in [2.75, 3.05) is 20.2 Å². The molecule has 2 aromatic carbocycles. The number of hydrogen-bond acceptors (Lipinski definition) is 6. The van der Waals surface area contributed by atoms with Crippen molar-refractivity contribution >= 4 is 21.8 Å². The van der Waals surface area contributed by atoms with Crippen molar-refractivity contribution in [3.05, 3.63) is 59.9 Å². The summed E-state index contributed by atoms with van der Waals surface area (Å²) < 4.78 is 46.5. The Kier molecular flexibility index (Phi) is 7.91. The van der Waals surface area contributed by atoms with E-state index in [1.807, 2.05) is 0 Å². The zero-order valence-electron chi connectivity index (χ0n) is 20.1. The number of nitrogens with one attached hydrogen (secondary N) is 1. The second-order valence-corrected chi connectivity index (χ2v) is 11.1. The molecule has 1 atom stereocenters. The number of methoxy groups -OCH3 is 1. The fourth-order valence-electron chi connectivity index (χ4n) is 4.69. The smallest absolute Gasteiger partial charge is 0.259 e. The summed E-state index contributed by atoms with van der Waals surface area (Å²) in [6.45, 7) is 0.00469. The van der Waals surface area contributed by atoms with Gasteiger partial charge in [-0.2, -0.15) is 4.31 Å². The number of rotatable bonds is 7. The molecule has 2 fully saturated rings. The van der Waals surface area contributed by atoms with Crippen LogP contribution in [0.15, 0.2) is 53.4 Å². The highest BCUT2D eigenvalue weighted by Crippen LogP contribution is 2.27. The molecular weight excluding hydrogens is 487 g/mol. The van der Waals surface area contributed by atoms with Gasteiger partial charge in [0.05, 0.1) is 18.4 Å². The number of carbonyl (C=O) groups is 2. The molecule has 0 aromatic heterocycles. The molecule has 1 saturated carbocycles. The summed E-state index contributed by atoms with van der Waals surface area (Å²) in [5.41, 5.74) is 6.68. The van der Waals surface area contributed by atoms with Crippen LogP contribution in [-0.4, -0.2) is 67.9 Å². The van der Waals surface area contributed by atoms with Crippen LogP contribution in [0.5, 0.6) is 5.75 Å². The summed E-state index contributed by atoms with van der Waals surface area (Å²) in [7, 11) is -2.63. The fraction of sp³-hybridized carbons (Fsp3) is 0.440. The van der Waals surface area contributed by atoms with Gasteiger partial charge in [0.15, 0.2) is 6.17 Å². The second kappa shape index (κ2) is 10.9. The molecule has 194 valence electrons. The number of carbonyl (C=O) groups excluding carboxylic acids is 2. The minimum atomic E-state index is -4.17. The highest BCUT2D eigenvalue weighted by molar-refractivity contribution is 7.89. The number of nitrogens with zero attached hydrogens (tertiary/aromatic N) is 2. The molecule has 1 saturated heterocycles. The largest absolute Gasteiger partial charge is 0.497 e. The van der Waals surface area contributed by atoms with Crippen molar-refractivity contribution in [1.82, 2.24) is 14.5 Å². The summed E-state index contributed by atoms with van der Waals surface area (Å²) in [5, 5.41) is 2.94. The Morgan fingerprint density at radius 1 is 1.03 bits per heavy atom. The van der Waals surface area contributed by atoms with Gasteiger partial charge in [-0.05, 0) is 67.6 Å². The monoisotopic (exact) mass is 518 g/mol. The third kappa shape index (κ3) is 5.69. The molecule has 0 radical (unpaired) electrons. The van der Waals surface area contributed by atoms with E-state index in [1.54, 1.807) is 31.4 Å². The predicted octanol–water partition coefficient (Wildman–Crippen LogP) is 1.62. The van der Waals surface area contributed by atoms with Gasteiger partial charge in [0.1, 0.15) is 11.6 Å². The maximum atomic E-state index is 13.5. The molecule has 1 heterocycles. The van der Waals surface area contributed by atoms with E-state index < -0.39 is 27.9 Å². The Hall–Kier alpha value is -3.02. The van der Waals surface area contributed by atoms with Crippen molar-refractivity contribution in [2.24, 2.45) is 5.73 Å². The van der Waals surface area contributed by atoms with E-state index in [1.165, 1.54) is 4.90 Å². The van der Waals surface area contributed by atoms with Crippen molar-refractivity contribution in [2.45, 2.75) is 55.2 Å². The molecule has 3 N–H and O–H groups in total. The molecule has 1 unspecified atom stereocenters. The van der Waals surface area contributed by atoms with Crippen molar-refractivity contribution in [3.63, 3.8) is 0 Å². The molecule has 2 amide bonds. The average molecular weight is 519 g/mol. The first-order valence-corrected chi connectivity index (χ1v) is 13.4. The van der Waals surface area contributed by atoms with E-state index in [-0.39, 0.29) is 42.4 Å². The van der Waals surface area contributed by atoms with E-state index in [0.717, 1.165) is 41.4 Å². The maximum absolute atomic E-state index is 13.5. The van der Waals surface area contributed by atoms with Crippen LogP contribution in [0, 0.1) is 5.82 Å². The first-order chi connectivity index (χ1) is 17.2. The van der Waals surface area contributed by atoms with Gasteiger partial charge in [-0.25, -0.2) is 12.8 Å². The normalized spacial score (nSPS) is 22.9. The molecular formula is C25H31FN4O5S. The molecule has 1 aliphatic heterocycles. The summed E-state index contributed by atoms with van der Waals surface area (Å²) in [6, 6.07) is 11.3. The number of amides is 2. The van der Waals surface area contributed by atoms with Gasteiger partial charge >= 0.3 is 0 Å². The quantitative estimate of drug-likeness (QED) is 0.575. The molecule has 2 aliphatic rings. The number of hydrogen-bond donors (Lipinski definition) is 2. The number of nitrogens with two attached hydrogens (primary N) is 1. The second-order valence-electron chi connectivity index (χ2n) is 9.18. The molecule has 1 aliphatic carbocycles. The third-order valence-corrected chi connectivity index (χ3v) is 8.60. The number of ether oxygens (including phenoxy) is 1. The van der Waals surface area contributed by atoms with Gasteiger partial charge in [0.2, 0.25) is 15.9 Å². The van der Waals surface area contributed by atoms with E-state index in [4.69, 9.17) is 10.5 Å².